The van der Waals surface area contributed by atoms with Crippen molar-refractivity contribution in [3.05, 3.63) is 94.0 Å². The van der Waals surface area contributed by atoms with Crippen LogP contribution in [-0.2, 0) is 4.79 Å². The number of furan rings is 1. The van der Waals surface area contributed by atoms with Crippen molar-refractivity contribution >= 4 is 33.8 Å². The van der Waals surface area contributed by atoms with Crippen LogP contribution in [0.1, 0.15) is 18.1 Å². The lowest BCUT2D eigenvalue weighted by molar-refractivity contribution is -0.384. The van der Waals surface area contributed by atoms with Gasteiger partial charge in [0.05, 0.1) is 18.3 Å². The molecule has 0 aliphatic carbocycles. The van der Waals surface area contributed by atoms with E-state index in [1.807, 2.05) is 6.07 Å². The predicted octanol–water partition coefficient (Wildman–Crippen LogP) is 6.51. The number of amides is 1. The molecule has 8 heteroatoms. The molecule has 3 aromatic carbocycles. The zero-order valence-corrected chi connectivity index (χ0v) is 18.7. The van der Waals surface area contributed by atoms with Crippen LogP contribution in [0.5, 0.6) is 5.75 Å². The van der Waals surface area contributed by atoms with Crippen LogP contribution in [0.25, 0.3) is 27.7 Å². The van der Waals surface area contributed by atoms with E-state index in [0.717, 1.165) is 16.5 Å². The van der Waals surface area contributed by atoms with E-state index in [9.17, 15) is 19.3 Å². The van der Waals surface area contributed by atoms with E-state index in [-0.39, 0.29) is 17.4 Å². The van der Waals surface area contributed by atoms with Crippen LogP contribution in [0, 0.1) is 22.9 Å². The van der Waals surface area contributed by atoms with Gasteiger partial charge in [0, 0.05) is 46.5 Å². The number of rotatable bonds is 6. The third kappa shape index (κ3) is 4.52. The molecule has 34 heavy (non-hydrogen) atoms. The number of nitro benzene ring substituents is 1. The maximum absolute atomic E-state index is 13.4. The monoisotopic (exact) mass is 460 g/mol. The molecule has 0 saturated carbocycles. The fourth-order valence-corrected chi connectivity index (χ4v) is 3.73. The van der Waals surface area contributed by atoms with Gasteiger partial charge in [0.1, 0.15) is 17.1 Å². The Balaban J connectivity index is 1.67. The highest BCUT2D eigenvalue weighted by atomic mass is 19.1. The van der Waals surface area contributed by atoms with Crippen LogP contribution in [0.2, 0.25) is 0 Å². The number of anilines is 1. The average molecular weight is 460 g/mol. The Morgan fingerprint density at radius 1 is 1.15 bits per heavy atom. The van der Waals surface area contributed by atoms with Crippen molar-refractivity contribution in [2.45, 2.75) is 13.8 Å². The minimum absolute atomic E-state index is 0.0441. The van der Waals surface area contributed by atoms with Gasteiger partial charge in [-0.15, -0.1) is 0 Å². The van der Waals surface area contributed by atoms with E-state index in [4.69, 9.17) is 9.15 Å². The molecule has 0 aliphatic heterocycles. The first-order chi connectivity index (χ1) is 16.3. The highest BCUT2D eigenvalue weighted by Gasteiger charge is 2.16. The first-order valence-electron chi connectivity index (χ1n) is 10.4. The second-order valence-electron chi connectivity index (χ2n) is 7.78. The predicted molar refractivity (Wildman–Crippen MR) is 128 cm³/mol. The Hall–Kier alpha value is -4.46. The third-order valence-corrected chi connectivity index (χ3v) is 5.50. The van der Waals surface area contributed by atoms with Gasteiger partial charge in [-0.3, -0.25) is 14.9 Å². The van der Waals surface area contributed by atoms with Gasteiger partial charge in [-0.1, -0.05) is 12.1 Å². The van der Waals surface area contributed by atoms with E-state index < -0.39 is 4.92 Å². The molecule has 4 aromatic rings. The summed E-state index contributed by atoms with van der Waals surface area (Å²) in [7, 11) is 1.53. The van der Waals surface area contributed by atoms with Crippen LogP contribution in [-0.4, -0.2) is 17.9 Å². The molecule has 0 atom stereocenters. The van der Waals surface area contributed by atoms with Crippen molar-refractivity contribution in [2.24, 2.45) is 0 Å². The van der Waals surface area contributed by atoms with Crippen LogP contribution in [0.3, 0.4) is 0 Å². The van der Waals surface area contributed by atoms with Crippen molar-refractivity contribution < 1.29 is 23.3 Å². The molecule has 0 saturated heterocycles. The summed E-state index contributed by atoms with van der Waals surface area (Å²) in [4.78, 5) is 23.1. The lowest BCUT2D eigenvalue weighted by atomic mass is 9.99. The van der Waals surface area contributed by atoms with E-state index in [0.29, 0.717) is 33.7 Å². The first-order valence-corrected chi connectivity index (χ1v) is 10.4. The van der Waals surface area contributed by atoms with Crippen molar-refractivity contribution in [1.82, 2.24) is 0 Å². The van der Waals surface area contributed by atoms with Gasteiger partial charge < -0.3 is 14.5 Å². The topological polar surface area (TPSA) is 94.6 Å². The Morgan fingerprint density at radius 2 is 1.88 bits per heavy atom. The Bertz CT molecular complexity index is 1440. The fraction of sp³-hybridized carbons (Fsp3) is 0.115. The van der Waals surface area contributed by atoms with E-state index >= 15 is 0 Å². The van der Waals surface area contributed by atoms with Gasteiger partial charge in [-0.25, -0.2) is 4.39 Å². The minimum atomic E-state index is -0.485. The standard InChI is InChI=1S/C26H21FN2O5/c1-15(11-26(30)28-23-9-8-19(29(31)32)10-16(23)2)20-12-21-22(17-4-6-18(27)7-5-17)14-34-25(21)13-24(20)33-3/h4-14H,1-3H3,(H,28,30)/b15-11+. The van der Waals surface area contributed by atoms with Crippen LogP contribution >= 0.6 is 0 Å². The SMILES string of the molecule is COc1cc2occ(-c3ccc(F)cc3)c2cc1/C(C)=C/C(=O)Nc1ccc([N+](=O)[O-])cc1C. The number of nitrogens with one attached hydrogen (secondary N) is 1. The number of ether oxygens (including phenoxy) is 1. The molecular formula is C26H21FN2O5. The molecule has 0 aliphatic rings. The largest absolute Gasteiger partial charge is 0.496 e. The second kappa shape index (κ2) is 9.19. The number of nitrogens with zero attached hydrogens (tertiary/aromatic N) is 1. The first kappa shape index (κ1) is 22.7. The van der Waals surface area contributed by atoms with E-state index in [2.05, 4.69) is 5.32 Å². The second-order valence-corrected chi connectivity index (χ2v) is 7.78. The number of allylic oxidation sites excluding steroid dienone is 1. The number of hydrogen-bond acceptors (Lipinski definition) is 5. The fourth-order valence-electron chi connectivity index (χ4n) is 3.73. The van der Waals surface area contributed by atoms with Crippen molar-refractivity contribution in [1.29, 1.82) is 0 Å². The number of hydrogen-bond donors (Lipinski definition) is 1. The molecule has 0 bridgehead atoms. The number of halogens is 1. The van der Waals surface area contributed by atoms with Crippen LogP contribution in [0.4, 0.5) is 15.8 Å². The number of benzene rings is 3. The molecule has 172 valence electrons. The van der Waals surface area contributed by atoms with E-state index in [1.165, 1.54) is 43.5 Å². The molecule has 7 nitrogen and oxygen atoms in total. The average Bonchev–Trinajstić information content (AvgIpc) is 3.22. The summed E-state index contributed by atoms with van der Waals surface area (Å²) < 4.78 is 24.6. The maximum atomic E-state index is 13.4. The number of methoxy groups -OCH3 is 1. The lowest BCUT2D eigenvalue weighted by Crippen LogP contribution is -2.10. The summed E-state index contributed by atoms with van der Waals surface area (Å²) in [5.74, 6) is -0.185. The number of aryl methyl sites for hydroxylation is 1. The van der Waals surface area contributed by atoms with Gasteiger partial charge in [-0.05, 0) is 54.8 Å². The number of non-ortho nitro benzene ring substituents is 1. The zero-order chi connectivity index (χ0) is 24.4. The van der Waals surface area contributed by atoms with Crippen molar-refractivity contribution in [2.75, 3.05) is 12.4 Å². The summed E-state index contributed by atoms with van der Waals surface area (Å²) in [5.41, 5.74) is 4.53. The molecule has 1 aromatic heterocycles. The molecule has 1 amide bonds. The van der Waals surface area contributed by atoms with Crippen molar-refractivity contribution in [3.8, 4) is 16.9 Å². The van der Waals surface area contributed by atoms with E-state index in [1.54, 1.807) is 38.3 Å². The van der Waals surface area contributed by atoms with Gasteiger partial charge >= 0.3 is 0 Å². The minimum Gasteiger partial charge on any atom is -0.496 e. The molecular weight excluding hydrogens is 439 g/mol. The molecule has 1 heterocycles. The normalized spacial score (nSPS) is 11.5. The van der Waals surface area contributed by atoms with Crippen LogP contribution in [0.15, 0.2) is 71.4 Å². The van der Waals surface area contributed by atoms with Gasteiger partial charge in [0.2, 0.25) is 5.91 Å². The van der Waals surface area contributed by atoms with Gasteiger partial charge in [0.25, 0.3) is 5.69 Å². The summed E-state index contributed by atoms with van der Waals surface area (Å²) in [6, 6.07) is 14.0. The maximum Gasteiger partial charge on any atom is 0.269 e. The number of carbonyl (C=O) groups is 1. The Morgan fingerprint density at radius 3 is 2.53 bits per heavy atom. The van der Waals surface area contributed by atoms with Gasteiger partial charge in [-0.2, -0.15) is 0 Å². The molecule has 0 unspecified atom stereocenters. The summed E-state index contributed by atoms with van der Waals surface area (Å²) in [6.45, 7) is 3.47. The zero-order valence-electron chi connectivity index (χ0n) is 18.7. The quantitative estimate of drug-likeness (QED) is 0.201. The molecule has 4 rings (SSSR count). The lowest BCUT2D eigenvalue weighted by Gasteiger charge is -2.11. The molecule has 1 N–H and O–H groups in total. The molecule has 0 radical (unpaired) electrons. The summed E-state index contributed by atoms with van der Waals surface area (Å²) in [6.07, 6.45) is 3.03. The van der Waals surface area contributed by atoms with Crippen LogP contribution < -0.4 is 10.1 Å². The highest BCUT2D eigenvalue weighted by Crippen LogP contribution is 2.37. The molecule has 0 spiro atoms. The Kier molecular flexibility index (Phi) is 6.14. The number of carbonyl (C=O) groups excluding carboxylic acids is 1. The summed E-state index contributed by atoms with van der Waals surface area (Å²) in [5, 5.41) is 14.5. The molecule has 0 fully saturated rings. The number of nitro groups is 1. The smallest absolute Gasteiger partial charge is 0.269 e. The Labute approximate surface area is 194 Å². The number of fused-ring (bicyclic) bond motifs is 1. The third-order valence-electron chi connectivity index (χ3n) is 5.50. The van der Waals surface area contributed by atoms with Crippen molar-refractivity contribution in [3.63, 3.8) is 0 Å². The summed E-state index contributed by atoms with van der Waals surface area (Å²) >= 11 is 0. The highest BCUT2D eigenvalue weighted by molar-refractivity contribution is 6.05. The van der Waals surface area contributed by atoms with Gasteiger partial charge in [0.15, 0.2) is 0 Å².